The standard InChI is InChI=1S/C25H32N2O3/c1-25(2,3)21-13-6-7-14-22(21)30-18-23(28)26-20-12-10-11-19(17-20)24(29)27-15-8-4-5-9-16-27/h6-7,10-14,17H,4-5,8-9,15-16,18H2,1-3H3,(H,26,28). The molecule has 5 nitrogen and oxygen atoms in total. The molecular formula is C25H32N2O3. The van der Waals surface area contributed by atoms with E-state index in [1.807, 2.05) is 29.2 Å². The van der Waals surface area contributed by atoms with Gasteiger partial charge in [-0.05, 0) is 48.1 Å². The van der Waals surface area contributed by atoms with Gasteiger partial charge in [0.2, 0.25) is 0 Å². The molecule has 2 amide bonds. The molecule has 0 radical (unpaired) electrons. The van der Waals surface area contributed by atoms with E-state index in [0.717, 1.165) is 31.5 Å². The molecule has 0 bridgehead atoms. The molecule has 160 valence electrons. The molecule has 1 N–H and O–H groups in total. The van der Waals surface area contributed by atoms with Crippen molar-refractivity contribution < 1.29 is 14.3 Å². The Balaban J connectivity index is 1.61. The van der Waals surface area contributed by atoms with E-state index in [9.17, 15) is 9.59 Å². The van der Waals surface area contributed by atoms with E-state index >= 15 is 0 Å². The second kappa shape index (κ2) is 9.79. The van der Waals surface area contributed by atoms with Gasteiger partial charge >= 0.3 is 0 Å². The van der Waals surface area contributed by atoms with Gasteiger partial charge in [-0.3, -0.25) is 9.59 Å². The van der Waals surface area contributed by atoms with Gasteiger partial charge in [0.25, 0.3) is 11.8 Å². The Labute approximate surface area is 179 Å². The van der Waals surface area contributed by atoms with Crippen LogP contribution >= 0.6 is 0 Å². The second-order valence-corrected chi connectivity index (χ2v) is 8.87. The third kappa shape index (κ3) is 5.85. The van der Waals surface area contributed by atoms with E-state index in [4.69, 9.17) is 4.74 Å². The molecule has 30 heavy (non-hydrogen) atoms. The van der Waals surface area contributed by atoms with Crippen molar-refractivity contribution in [2.45, 2.75) is 51.9 Å². The maximum atomic E-state index is 12.8. The van der Waals surface area contributed by atoms with E-state index in [1.54, 1.807) is 24.3 Å². The van der Waals surface area contributed by atoms with Crippen molar-refractivity contribution in [1.29, 1.82) is 0 Å². The first kappa shape index (κ1) is 21.9. The molecule has 1 heterocycles. The summed E-state index contributed by atoms with van der Waals surface area (Å²) in [6.45, 7) is 7.86. The topological polar surface area (TPSA) is 58.6 Å². The Morgan fingerprint density at radius 3 is 2.37 bits per heavy atom. The monoisotopic (exact) mass is 408 g/mol. The van der Waals surface area contributed by atoms with E-state index < -0.39 is 0 Å². The number of likely N-dealkylation sites (tertiary alicyclic amines) is 1. The molecule has 3 rings (SSSR count). The minimum absolute atomic E-state index is 0.0309. The first-order valence-corrected chi connectivity index (χ1v) is 10.8. The Kier molecular flexibility index (Phi) is 7.14. The van der Waals surface area contributed by atoms with Crippen LogP contribution in [-0.2, 0) is 10.2 Å². The summed E-state index contributed by atoms with van der Waals surface area (Å²) in [5, 5.41) is 2.85. The van der Waals surface area contributed by atoms with Gasteiger partial charge in [0, 0.05) is 24.3 Å². The maximum Gasteiger partial charge on any atom is 0.262 e. The van der Waals surface area contributed by atoms with Crippen molar-refractivity contribution in [3.8, 4) is 5.75 Å². The summed E-state index contributed by atoms with van der Waals surface area (Å²) in [5.41, 5.74) is 2.19. The van der Waals surface area contributed by atoms with Gasteiger partial charge in [-0.1, -0.05) is 57.9 Å². The zero-order chi connectivity index (χ0) is 21.6. The summed E-state index contributed by atoms with van der Waals surface area (Å²) in [5.74, 6) is 0.492. The van der Waals surface area contributed by atoms with E-state index in [0.29, 0.717) is 17.0 Å². The fourth-order valence-electron chi connectivity index (χ4n) is 3.74. The number of amides is 2. The fraction of sp³-hybridized carbons (Fsp3) is 0.440. The molecule has 2 aromatic rings. The van der Waals surface area contributed by atoms with Gasteiger partial charge in [-0.2, -0.15) is 0 Å². The summed E-state index contributed by atoms with van der Waals surface area (Å²) in [6.07, 6.45) is 4.46. The number of carbonyl (C=O) groups excluding carboxylic acids is 2. The number of benzene rings is 2. The lowest BCUT2D eigenvalue weighted by atomic mass is 9.86. The molecule has 5 heteroatoms. The lowest BCUT2D eigenvalue weighted by Gasteiger charge is -2.22. The summed E-state index contributed by atoms with van der Waals surface area (Å²) in [4.78, 5) is 27.2. The molecule has 1 aliphatic rings. The average Bonchev–Trinajstić information content (AvgIpc) is 3.01. The molecule has 0 atom stereocenters. The van der Waals surface area contributed by atoms with Crippen LogP contribution in [0.15, 0.2) is 48.5 Å². The number of nitrogens with one attached hydrogen (secondary N) is 1. The number of nitrogens with zero attached hydrogens (tertiary/aromatic N) is 1. The maximum absolute atomic E-state index is 12.8. The molecule has 2 aromatic carbocycles. The van der Waals surface area contributed by atoms with Crippen LogP contribution in [0.25, 0.3) is 0 Å². The van der Waals surface area contributed by atoms with Crippen LogP contribution < -0.4 is 10.1 Å². The minimum Gasteiger partial charge on any atom is -0.483 e. The van der Waals surface area contributed by atoms with Crippen LogP contribution in [-0.4, -0.2) is 36.4 Å². The first-order valence-electron chi connectivity index (χ1n) is 10.8. The third-order valence-corrected chi connectivity index (χ3v) is 5.34. The largest absolute Gasteiger partial charge is 0.483 e. The molecule has 0 aliphatic carbocycles. The highest BCUT2D eigenvalue weighted by molar-refractivity contribution is 5.97. The number of para-hydroxylation sites is 1. The van der Waals surface area contributed by atoms with Crippen LogP contribution in [0.3, 0.4) is 0 Å². The van der Waals surface area contributed by atoms with Crippen molar-refractivity contribution in [3.63, 3.8) is 0 Å². The van der Waals surface area contributed by atoms with Gasteiger partial charge in [0.15, 0.2) is 6.61 Å². The van der Waals surface area contributed by atoms with Gasteiger partial charge in [-0.15, -0.1) is 0 Å². The number of anilines is 1. The molecule has 1 fully saturated rings. The molecule has 0 aromatic heterocycles. The Morgan fingerprint density at radius 1 is 0.967 bits per heavy atom. The third-order valence-electron chi connectivity index (χ3n) is 5.34. The van der Waals surface area contributed by atoms with Gasteiger partial charge in [-0.25, -0.2) is 0 Å². The first-order chi connectivity index (χ1) is 14.3. The summed E-state index contributed by atoms with van der Waals surface area (Å²) in [6, 6.07) is 14.9. The second-order valence-electron chi connectivity index (χ2n) is 8.87. The highest BCUT2D eigenvalue weighted by Gasteiger charge is 2.20. The van der Waals surface area contributed by atoms with Crippen molar-refractivity contribution >= 4 is 17.5 Å². The van der Waals surface area contributed by atoms with Gasteiger partial charge in [0.1, 0.15) is 5.75 Å². The molecule has 0 unspecified atom stereocenters. The SMILES string of the molecule is CC(C)(C)c1ccccc1OCC(=O)Nc1cccc(C(=O)N2CCCCCC2)c1. The predicted octanol–water partition coefficient (Wildman–Crippen LogP) is 5.02. The zero-order valence-electron chi connectivity index (χ0n) is 18.2. The number of ether oxygens (including phenoxy) is 1. The minimum atomic E-state index is -0.252. The average molecular weight is 409 g/mol. The summed E-state index contributed by atoms with van der Waals surface area (Å²) in [7, 11) is 0. The lowest BCUT2D eigenvalue weighted by molar-refractivity contribution is -0.118. The number of hydrogen-bond acceptors (Lipinski definition) is 3. The predicted molar refractivity (Wildman–Crippen MR) is 120 cm³/mol. The normalized spacial score (nSPS) is 14.7. The molecule has 0 spiro atoms. The van der Waals surface area contributed by atoms with Crippen LogP contribution in [0, 0.1) is 0 Å². The van der Waals surface area contributed by atoms with Crippen molar-refractivity contribution in [3.05, 3.63) is 59.7 Å². The summed E-state index contributed by atoms with van der Waals surface area (Å²) < 4.78 is 5.80. The van der Waals surface area contributed by atoms with Crippen LogP contribution in [0.1, 0.15) is 62.4 Å². The Hall–Kier alpha value is -2.82. The van der Waals surface area contributed by atoms with Gasteiger partial charge < -0.3 is 15.0 Å². The molecule has 1 saturated heterocycles. The van der Waals surface area contributed by atoms with Crippen LogP contribution in [0.2, 0.25) is 0 Å². The number of rotatable bonds is 5. The number of hydrogen-bond donors (Lipinski definition) is 1. The molecule has 0 saturated carbocycles. The Morgan fingerprint density at radius 2 is 1.67 bits per heavy atom. The van der Waals surface area contributed by atoms with Crippen LogP contribution in [0.5, 0.6) is 5.75 Å². The highest BCUT2D eigenvalue weighted by atomic mass is 16.5. The summed E-state index contributed by atoms with van der Waals surface area (Å²) >= 11 is 0. The zero-order valence-corrected chi connectivity index (χ0v) is 18.2. The van der Waals surface area contributed by atoms with Crippen molar-refractivity contribution in [2.24, 2.45) is 0 Å². The Bertz CT molecular complexity index is 878. The van der Waals surface area contributed by atoms with E-state index in [-0.39, 0.29) is 23.8 Å². The van der Waals surface area contributed by atoms with E-state index in [1.165, 1.54) is 12.8 Å². The lowest BCUT2D eigenvalue weighted by Crippen LogP contribution is -2.31. The van der Waals surface area contributed by atoms with Crippen molar-refractivity contribution in [1.82, 2.24) is 4.90 Å². The van der Waals surface area contributed by atoms with Crippen molar-refractivity contribution in [2.75, 3.05) is 25.0 Å². The smallest absolute Gasteiger partial charge is 0.262 e. The van der Waals surface area contributed by atoms with Gasteiger partial charge in [0.05, 0.1) is 0 Å². The number of carbonyl (C=O) groups is 2. The van der Waals surface area contributed by atoms with E-state index in [2.05, 4.69) is 26.1 Å². The fourth-order valence-corrected chi connectivity index (χ4v) is 3.74. The molecule has 1 aliphatic heterocycles. The molecular weight excluding hydrogens is 376 g/mol. The quantitative estimate of drug-likeness (QED) is 0.756. The van der Waals surface area contributed by atoms with Crippen LogP contribution in [0.4, 0.5) is 5.69 Å². The highest BCUT2D eigenvalue weighted by Crippen LogP contribution is 2.30.